The molecule has 3 nitrogen and oxygen atoms in total. The standard InChI is InChI=1S/C50H30N2O/c1-2-17-39-36(32-13-10-15-34(29-32)46-30-51-48-43-21-5-3-18-40(43)41-19-4-6-22-44(41)49(48)52-46)27-26-35(38(39)16-1)31-12-9-14-33(28-31)37-23-11-24-45-42-20-7-8-25-47(42)53-50(37)45/h1-30H. The van der Waals surface area contributed by atoms with Crippen LogP contribution in [0, 0.1) is 0 Å². The summed E-state index contributed by atoms with van der Waals surface area (Å²) in [6.07, 6.45) is 1.92. The molecule has 9 aromatic carbocycles. The quantitative estimate of drug-likeness (QED) is 0.174. The van der Waals surface area contributed by atoms with Gasteiger partial charge >= 0.3 is 0 Å². The summed E-state index contributed by atoms with van der Waals surface area (Å²) in [6.45, 7) is 0. The Morgan fingerprint density at radius 2 is 0.830 bits per heavy atom. The zero-order valence-electron chi connectivity index (χ0n) is 28.6. The molecule has 0 N–H and O–H groups in total. The fourth-order valence-electron chi connectivity index (χ4n) is 8.24. The molecule has 0 saturated heterocycles. The van der Waals surface area contributed by atoms with Gasteiger partial charge in [-0.25, -0.2) is 4.98 Å². The van der Waals surface area contributed by atoms with Gasteiger partial charge in [-0.15, -0.1) is 0 Å². The van der Waals surface area contributed by atoms with Crippen LogP contribution in [0.15, 0.2) is 187 Å². The van der Waals surface area contributed by atoms with Crippen LogP contribution < -0.4 is 0 Å². The van der Waals surface area contributed by atoms with Crippen molar-refractivity contribution in [2.45, 2.75) is 0 Å². The minimum atomic E-state index is 0.858. The number of aromatic nitrogens is 2. The predicted octanol–water partition coefficient (Wildman–Crippen LogP) is 13.7. The molecule has 2 heterocycles. The summed E-state index contributed by atoms with van der Waals surface area (Å²) in [7, 11) is 0. The molecular weight excluding hydrogens is 645 g/mol. The molecule has 53 heavy (non-hydrogen) atoms. The molecule has 0 saturated carbocycles. The van der Waals surface area contributed by atoms with Crippen LogP contribution in [0.3, 0.4) is 0 Å². The molecule has 246 valence electrons. The van der Waals surface area contributed by atoms with Gasteiger partial charge in [-0.1, -0.05) is 158 Å². The van der Waals surface area contributed by atoms with Crippen LogP contribution in [0.25, 0.3) is 110 Å². The fraction of sp³-hybridized carbons (Fsp3) is 0. The molecule has 11 rings (SSSR count). The Morgan fingerprint density at radius 1 is 0.340 bits per heavy atom. The zero-order chi connectivity index (χ0) is 34.9. The van der Waals surface area contributed by atoms with Crippen LogP contribution in [0.4, 0.5) is 0 Å². The maximum atomic E-state index is 6.41. The van der Waals surface area contributed by atoms with Crippen LogP contribution in [0.1, 0.15) is 0 Å². The molecular formula is C50H30N2O. The maximum absolute atomic E-state index is 6.41. The number of fused-ring (bicyclic) bond motifs is 10. The van der Waals surface area contributed by atoms with E-state index in [2.05, 4.69) is 164 Å². The summed E-state index contributed by atoms with van der Waals surface area (Å²) in [5.74, 6) is 0. The first-order valence-electron chi connectivity index (χ1n) is 18.0. The van der Waals surface area contributed by atoms with E-state index in [1.54, 1.807) is 0 Å². The van der Waals surface area contributed by atoms with Gasteiger partial charge in [0.1, 0.15) is 11.2 Å². The smallest absolute Gasteiger partial charge is 0.143 e. The highest BCUT2D eigenvalue weighted by molar-refractivity contribution is 6.23. The first-order valence-corrected chi connectivity index (χ1v) is 18.0. The molecule has 2 aromatic heterocycles. The largest absolute Gasteiger partial charge is 0.455 e. The van der Waals surface area contributed by atoms with Gasteiger partial charge in [0.25, 0.3) is 0 Å². The molecule has 0 aliphatic rings. The van der Waals surface area contributed by atoms with Gasteiger partial charge in [-0.05, 0) is 67.6 Å². The van der Waals surface area contributed by atoms with E-state index in [1.165, 1.54) is 38.2 Å². The average molecular weight is 675 g/mol. The van der Waals surface area contributed by atoms with E-state index in [0.717, 1.165) is 71.7 Å². The van der Waals surface area contributed by atoms with Gasteiger partial charge in [-0.3, -0.25) is 4.98 Å². The van der Waals surface area contributed by atoms with Crippen molar-refractivity contribution in [3.8, 4) is 44.6 Å². The Morgan fingerprint density at radius 3 is 1.51 bits per heavy atom. The predicted molar refractivity (Wildman–Crippen MR) is 221 cm³/mol. The number of furan rings is 1. The van der Waals surface area contributed by atoms with Crippen molar-refractivity contribution in [1.29, 1.82) is 0 Å². The van der Waals surface area contributed by atoms with Gasteiger partial charge in [0.2, 0.25) is 0 Å². The molecule has 11 aromatic rings. The molecule has 3 heteroatoms. The fourth-order valence-corrected chi connectivity index (χ4v) is 8.24. The number of nitrogens with zero attached hydrogens (tertiary/aromatic N) is 2. The number of rotatable bonds is 4. The Kier molecular flexibility index (Phi) is 6.55. The van der Waals surface area contributed by atoms with E-state index in [4.69, 9.17) is 14.4 Å². The number of hydrogen-bond acceptors (Lipinski definition) is 3. The van der Waals surface area contributed by atoms with E-state index in [1.807, 2.05) is 18.3 Å². The maximum Gasteiger partial charge on any atom is 0.143 e. The van der Waals surface area contributed by atoms with E-state index in [9.17, 15) is 0 Å². The molecule has 0 atom stereocenters. The molecule has 0 amide bonds. The summed E-state index contributed by atoms with van der Waals surface area (Å²) in [5, 5.41) is 9.32. The van der Waals surface area contributed by atoms with Gasteiger partial charge < -0.3 is 4.42 Å². The third kappa shape index (κ3) is 4.68. The van der Waals surface area contributed by atoms with Crippen molar-refractivity contribution < 1.29 is 4.42 Å². The molecule has 0 spiro atoms. The monoisotopic (exact) mass is 674 g/mol. The first kappa shape index (κ1) is 29.6. The number of benzene rings is 9. The van der Waals surface area contributed by atoms with Crippen LogP contribution in [0.2, 0.25) is 0 Å². The first-order chi connectivity index (χ1) is 26.3. The van der Waals surface area contributed by atoms with Crippen LogP contribution in [-0.4, -0.2) is 9.97 Å². The summed E-state index contributed by atoms with van der Waals surface area (Å²) >= 11 is 0. The van der Waals surface area contributed by atoms with E-state index in [0.29, 0.717) is 0 Å². The highest BCUT2D eigenvalue weighted by atomic mass is 16.3. The Balaban J connectivity index is 1.02. The highest BCUT2D eigenvalue weighted by Gasteiger charge is 2.16. The lowest BCUT2D eigenvalue weighted by molar-refractivity contribution is 0.670. The van der Waals surface area contributed by atoms with Crippen molar-refractivity contribution in [2.24, 2.45) is 0 Å². The molecule has 0 fully saturated rings. The van der Waals surface area contributed by atoms with Crippen molar-refractivity contribution in [1.82, 2.24) is 9.97 Å². The van der Waals surface area contributed by atoms with Gasteiger partial charge in [-0.2, -0.15) is 0 Å². The van der Waals surface area contributed by atoms with E-state index < -0.39 is 0 Å². The van der Waals surface area contributed by atoms with Crippen molar-refractivity contribution in [3.05, 3.63) is 182 Å². The third-order valence-electron chi connectivity index (χ3n) is 10.7. The van der Waals surface area contributed by atoms with E-state index in [-0.39, 0.29) is 0 Å². The minimum absolute atomic E-state index is 0.858. The molecule has 0 unspecified atom stereocenters. The van der Waals surface area contributed by atoms with Crippen LogP contribution in [-0.2, 0) is 0 Å². The SMILES string of the molecule is c1cc(-c2cnc3c4ccccc4c4ccccc4c3n2)cc(-c2ccc(-c3cccc(-c4cccc5c4oc4ccccc45)c3)c3ccccc23)c1. The summed E-state index contributed by atoms with van der Waals surface area (Å²) in [6, 6.07) is 62.4. The highest BCUT2D eigenvalue weighted by Crippen LogP contribution is 2.41. The second-order valence-corrected chi connectivity index (χ2v) is 13.7. The summed E-state index contributed by atoms with van der Waals surface area (Å²) in [4.78, 5) is 10.3. The van der Waals surface area contributed by atoms with Crippen molar-refractivity contribution >= 4 is 65.3 Å². The van der Waals surface area contributed by atoms with Crippen molar-refractivity contribution in [2.75, 3.05) is 0 Å². The lowest BCUT2D eigenvalue weighted by Crippen LogP contribution is -1.92. The topological polar surface area (TPSA) is 38.9 Å². The normalized spacial score (nSPS) is 11.8. The molecule has 0 aliphatic carbocycles. The van der Waals surface area contributed by atoms with Crippen molar-refractivity contribution in [3.63, 3.8) is 0 Å². The van der Waals surface area contributed by atoms with Gasteiger partial charge in [0, 0.05) is 32.7 Å². The van der Waals surface area contributed by atoms with Crippen LogP contribution in [0.5, 0.6) is 0 Å². The molecule has 0 bridgehead atoms. The lowest BCUT2D eigenvalue weighted by Gasteiger charge is -2.14. The number of para-hydroxylation sites is 2. The Bertz CT molecular complexity index is 3210. The second kappa shape index (κ2) is 11.7. The number of hydrogen-bond donors (Lipinski definition) is 0. The van der Waals surface area contributed by atoms with Gasteiger partial charge in [0.05, 0.1) is 22.9 Å². The van der Waals surface area contributed by atoms with Gasteiger partial charge in [0.15, 0.2) is 0 Å². The Hall–Kier alpha value is -7.10. The second-order valence-electron chi connectivity index (χ2n) is 13.7. The third-order valence-corrected chi connectivity index (χ3v) is 10.7. The summed E-state index contributed by atoms with van der Waals surface area (Å²) < 4.78 is 6.41. The Labute approximate surface area is 305 Å². The van der Waals surface area contributed by atoms with Crippen LogP contribution >= 0.6 is 0 Å². The molecule has 0 aliphatic heterocycles. The zero-order valence-corrected chi connectivity index (χ0v) is 28.6. The van der Waals surface area contributed by atoms with E-state index >= 15 is 0 Å². The lowest BCUT2D eigenvalue weighted by atomic mass is 9.90. The minimum Gasteiger partial charge on any atom is -0.455 e. The summed E-state index contributed by atoms with van der Waals surface area (Å²) in [5.41, 5.74) is 12.5. The molecule has 0 radical (unpaired) electrons. The average Bonchev–Trinajstić information content (AvgIpc) is 3.62.